The molecule has 0 amide bonds. The van der Waals surface area contributed by atoms with E-state index in [0.717, 1.165) is 6.54 Å². The molecule has 1 atom stereocenters. The van der Waals surface area contributed by atoms with Gasteiger partial charge in [0.1, 0.15) is 0 Å². The predicted octanol–water partition coefficient (Wildman–Crippen LogP) is 2.59. The molecule has 0 aliphatic carbocycles. The molecule has 0 spiro atoms. The molecule has 0 radical (unpaired) electrons. The molecular formula is C9H16N2S. The first-order valence-corrected chi connectivity index (χ1v) is 5.44. The Morgan fingerprint density at radius 2 is 2.42 bits per heavy atom. The van der Waals surface area contributed by atoms with E-state index in [0.29, 0.717) is 6.04 Å². The van der Waals surface area contributed by atoms with Crippen molar-refractivity contribution in [3.63, 3.8) is 0 Å². The maximum atomic E-state index is 4.31. The molecule has 68 valence electrons. The van der Waals surface area contributed by atoms with Gasteiger partial charge in [0, 0.05) is 5.38 Å². The summed E-state index contributed by atoms with van der Waals surface area (Å²) in [6.45, 7) is 5.36. The van der Waals surface area contributed by atoms with Crippen LogP contribution in [0.3, 0.4) is 0 Å². The number of rotatable bonds is 5. The largest absolute Gasteiger partial charge is 0.309 e. The van der Waals surface area contributed by atoms with Gasteiger partial charge >= 0.3 is 0 Å². The number of hydrogen-bond acceptors (Lipinski definition) is 3. The molecule has 1 aromatic heterocycles. The summed E-state index contributed by atoms with van der Waals surface area (Å²) in [6, 6.07) is 0.464. The summed E-state index contributed by atoms with van der Waals surface area (Å²) in [7, 11) is 0. The van der Waals surface area contributed by atoms with Gasteiger partial charge in [-0.05, 0) is 13.0 Å². The Balaban J connectivity index is 2.53. The van der Waals surface area contributed by atoms with Gasteiger partial charge in [0.05, 0.1) is 17.2 Å². The molecule has 0 aliphatic rings. The maximum Gasteiger partial charge on any atom is 0.0795 e. The highest BCUT2D eigenvalue weighted by Gasteiger charge is 2.09. The molecule has 3 heteroatoms. The van der Waals surface area contributed by atoms with E-state index in [1.807, 2.05) is 5.51 Å². The fraction of sp³-hybridized carbons (Fsp3) is 0.667. The molecule has 0 saturated carbocycles. The highest BCUT2D eigenvalue weighted by atomic mass is 32.1. The molecule has 0 bridgehead atoms. The summed E-state index contributed by atoms with van der Waals surface area (Å²) < 4.78 is 0. The minimum Gasteiger partial charge on any atom is -0.309 e. The van der Waals surface area contributed by atoms with Crippen LogP contribution in [0, 0.1) is 0 Å². The molecule has 1 rings (SSSR count). The molecular weight excluding hydrogens is 168 g/mol. The fourth-order valence-electron chi connectivity index (χ4n) is 1.28. The van der Waals surface area contributed by atoms with Crippen LogP contribution in [0.15, 0.2) is 10.9 Å². The third-order valence-corrected chi connectivity index (χ3v) is 2.44. The molecule has 0 aromatic carbocycles. The lowest BCUT2D eigenvalue weighted by molar-refractivity contribution is 0.500. The van der Waals surface area contributed by atoms with Crippen molar-refractivity contribution in [3.05, 3.63) is 16.6 Å². The van der Waals surface area contributed by atoms with E-state index in [-0.39, 0.29) is 0 Å². The van der Waals surface area contributed by atoms with Crippen molar-refractivity contribution < 1.29 is 0 Å². The SMILES string of the molecule is CCCC(NCC)c1cscn1. The summed E-state index contributed by atoms with van der Waals surface area (Å²) in [5.74, 6) is 0. The van der Waals surface area contributed by atoms with E-state index in [9.17, 15) is 0 Å². The van der Waals surface area contributed by atoms with Crippen molar-refractivity contribution in [3.8, 4) is 0 Å². The lowest BCUT2D eigenvalue weighted by Gasteiger charge is -2.13. The standard InChI is InChI=1S/C9H16N2S/c1-3-5-8(10-4-2)9-6-12-7-11-9/h6-8,10H,3-5H2,1-2H3. The van der Waals surface area contributed by atoms with Crippen molar-refractivity contribution in [2.45, 2.75) is 32.7 Å². The van der Waals surface area contributed by atoms with E-state index in [2.05, 4.69) is 29.5 Å². The van der Waals surface area contributed by atoms with Crippen molar-refractivity contribution in [2.24, 2.45) is 0 Å². The Kier molecular flexibility index (Phi) is 4.25. The molecule has 2 nitrogen and oxygen atoms in total. The fourth-order valence-corrected chi connectivity index (χ4v) is 1.89. The Labute approximate surface area is 78.0 Å². The summed E-state index contributed by atoms with van der Waals surface area (Å²) >= 11 is 1.67. The summed E-state index contributed by atoms with van der Waals surface area (Å²) in [6.07, 6.45) is 2.38. The van der Waals surface area contributed by atoms with Gasteiger partial charge in [-0.2, -0.15) is 0 Å². The summed E-state index contributed by atoms with van der Waals surface area (Å²) in [5, 5.41) is 5.56. The molecule has 1 aromatic rings. The second-order valence-corrected chi connectivity index (χ2v) is 3.53. The summed E-state index contributed by atoms with van der Waals surface area (Å²) in [4.78, 5) is 4.31. The zero-order valence-electron chi connectivity index (χ0n) is 7.71. The van der Waals surface area contributed by atoms with Gasteiger partial charge in [0.15, 0.2) is 0 Å². The van der Waals surface area contributed by atoms with Gasteiger partial charge in [0.2, 0.25) is 0 Å². The van der Waals surface area contributed by atoms with Gasteiger partial charge in [-0.15, -0.1) is 11.3 Å². The average Bonchev–Trinajstić information content (AvgIpc) is 2.56. The van der Waals surface area contributed by atoms with Crippen LogP contribution in [0.2, 0.25) is 0 Å². The first-order chi connectivity index (χ1) is 5.88. The smallest absolute Gasteiger partial charge is 0.0795 e. The second-order valence-electron chi connectivity index (χ2n) is 2.81. The predicted molar refractivity (Wildman–Crippen MR) is 53.4 cm³/mol. The van der Waals surface area contributed by atoms with Gasteiger partial charge in [-0.1, -0.05) is 20.3 Å². The highest BCUT2D eigenvalue weighted by Crippen LogP contribution is 2.17. The van der Waals surface area contributed by atoms with E-state index in [4.69, 9.17) is 0 Å². The van der Waals surface area contributed by atoms with Crippen LogP contribution in [-0.4, -0.2) is 11.5 Å². The topological polar surface area (TPSA) is 24.9 Å². The third kappa shape index (κ3) is 2.57. The minimum atomic E-state index is 0.464. The van der Waals surface area contributed by atoms with Crippen molar-refractivity contribution in [2.75, 3.05) is 6.54 Å². The van der Waals surface area contributed by atoms with E-state index >= 15 is 0 Å². The Hall–Kier alpha value is -0.410. The van der Waals surface area contributed by atoms with E-state index in [1.54, 1.807) is 11.3 Å². The molecule has 0 aliphatic heterocycles. The molecule has 1 unspecified atom stereocenters. The van der Waals surface area contributed by atoms with E-state index in [1.165, 1.54) is 18.5 Å². The van der Waals surface area contributed by atoms with Crippen LogP contribution in [0.1, 0.15) is 38.4 Å². The van der Waals surface area contributed by atoms with Crippen molar-refractivity contribution in [1.82, 2.24) is 10.3 Å². The van der Waals surface area contributed by atoms with Crippen molar-refractivity contribution in [1.29, 1.82) is 0 Å². The lowest BCUT2D eigenvalue weighted by Crippen LogP contribution is -2.20. The Bertz CT molecular complexity index is 190. The summed E-state index contributed by atoms with van der Waals surface area (Å²) in [5.41, 5.74) is 3.10. The van der Waals surface area contributed by atoms with E-state index < -0.39 is 0 Å². The maximum absolute atomic E-state index is 4.31. The second kappa shape index (κ2) is 5.27. The number of thiazole rings is 1. The van der Waals surface area contributed by atoms with Crippen LogP contribution in [0.5, 0.6) is 0 Å². The zero-order chi connectivity index (χ0) is 8.81. The molecule has 1 N–H and O–H groups in total. The number of aromatic nitrogens is 1. The Morgan fingerprint density at radius 1 is 1.58 bits per heavy atom. The van der Waals surface area contributed by atoms with Crippen LogP contribution >= 0.6 is 11.3 Å². The lowest BCUT2D eigenvalue weighted by atomic mass is 10.1. The first kappa shape index (κ1) is 9.68. The van der Waals surface area contributed by atoms with Gasteiger partial charge in [-0.3, -0.25) is 0 Å². The van der Waals surface area contributed by atoms with Crippen LogP contribution in [0.25, 0.3) is 0 Å². The van der Waals surface area contributed by atoms with Crippen LogP contribution in [0.4, 0.5) is 0 Å². The average molecular weight is 184 g/mol. The monoisotopic (exact) mass is 184 g/mol. The third-order valence-electron chi connectivity index (χ3n) is 1.84. The normalized spacial score (nSPS) is 13.2. The van der Waals surface area contributed by atoms with Gasteiger partial charge in [0.25, 0.3) is 0 Å². The first-order valence-electron chi connectivity index (χ1n) is 4.50. The van der Waals surface area contributed by atoms with Crippen LogP contribution in [-0.2, 0) is 0 Å². The zero-order valence-corrected chi connectivity index (χ0v) is 8.53. The molecule has 0 fully saturated rings. The van der Waals surface area contributed by atoms with Crippen LogP contribution < -0.4 is 5.32 Å². The number of nitrogens with zero attached hydrogens (tertiary/aromatic N) is 1. The Morgan fingerprint density at radius 3 is 2.92 bits per heavy atom. The number of hydrogen-bond donors (Lipinski definition) is 1. The molecule has 0 saturated heterocycles. The molecule has 12 heavy (non-hydrogen) atoms. The minimum absolute atomic E-state index is 0.464. The molecule has 1 heterocycles. The number of nitrogens with one attached hydrogen (secondary N) is 1. The highest BCUT2D eigenvalue weighted by molar-refractivity contribution is 7.07. The van der Waals surface area contributed by atoms with Gasteiger partial charge < -0.3 is 5.32 Å². The van der Waals surface area contributed by atoms with Gasteiger partial charge in [-0.25, -0.2) is 4.98 Å². The quantitative estimate of drug-likeness (QED) is 0.761. The van der Waals surface area contributed by atoms with Crippen molar-refractivity contribution >= 4 is 11.3 Å².